The predicted molar refractivity (Wildman–Crippen MR) is 66.9 cm³/mol. The number of rotatable bonds is 3. The van der Waals surface area contributed by atoms with E-state index in [1.807, 2.05) is 24.4 Å². The second-order valence-corrected chi connectivity index (χ2v) is 3.98. The number of piperidine rings is 1. The Kier molecular flexibility index (Phi) is 5.74. The molecule has 2 heterocycles. The van der Waals surface area contributed by atoms with Crippen molar-refractivity contribution in [3.8, 4) is 0 Å². The number of pyridine rings is 1. The maximum atomic E-state index is 5.97. The summed E-state index contributed by atoms with van der Waals surface area (Å²) < 4.78 is 5.97. The molecule has 1 aromatic heterocycles. The van der Waals surface area contributed by atoms with Crippen LogP contribution < -0.4 is 5.32 Å². The van der Waals surface area contributed by atoms with Gasteiger partial charge in [0.15, 0.2) is 0 Å². The second-order valence-electron chi connectivity index (χ2n) is 3.98. The summed E-state index contributed by atoms with van der Waals surface area (Å²) in [5.41, 5.74) is 1.02. The van der Waals surface area contributed by atoms with Crippen LogP contribution >= 0.6 is 12.4 Å². The van der Waals surface area contributed by atoms with Crippen LogP contribution in [-0.2, 0) is 4.74 Å². The highest BCUT2D eigenvalue weighted by Gasteiger charge is 2.17. The highest BCUT2D eigenvalue weighted by molar-refractivity contribution is 5.85. The third-order valence-corrected chi connectivity index (χ3v) is 2.79. The molecule has 4 heteroatoms. The molecule has 0 amide bonds. The lowest BCUT2D eigenvalue weighted by molar-refractivity contribution is -0.0205. The number of hydrogen-bond acceptors (Lipinski definition) is 3. The van der Waals surface area contributed by atoms with Crippen LogP contribution in [0.5, 0.6) is 0 Å². The molecule has 0 bridgehead atoms. The lowest BCUT2D eigenvalue weighted by atomic mass is 10.1. The van der Waals surface area contributed by atoms with Gasteiger partial charge in [-0.2, -0.15) is 0 Å². The Balaban J connectivity index is 0.00000128. The van der Waals surface area contributed by atoms with Crippen LogP contribution in [0.15, 0.2) is 24.4 Å². The van der Waals surface area contributed by atoms with Crippen molar-refractivity contribution in [2.45, 2.75) is 32.0 Å². The van der Waals surface area contributed by atoms with Crippen LogP contribution in [0.25, 0.3) is 0 Å². The normalized spacial score (nSPS) is 18.8. The third kappa shape index (κ3) is 3.74. The van der Waals surface area contributed by atoms with Crippen molar-refractivity contribution in [3.05, 3.63) is 30.1 Å². The Morgan fingerprint density at radius 1 is 1.38 bits per heavy atom. The van der Waals surface area contributed by atoms with E-state index in [-0.39, 0.29) is 18.5 Å². The molecule has 1 aromatic rings. The maximum Gasteiger partial charge on any atom is 0.0970 e. The van der Waals surface area contributed by atoms with Crippen molar-refractivity contribution in [1.29, 1.82) is 0 Å². The van der Waals surface area contributed by atoms with Gasteiger partial charge in [-0.05, 0) is 45.0 Å². The Morgan fingerprint density at radius 2 is 2.12 bits per heavy atom. The van der Waals surface area contributed by atoms with Gasteiger partial charge in [0, 0.05) is 6.20 Å². The lowest BCUT2D eigenvalue weighted by Gasteiger charge is -2.26. The van der Waals surface area contributed by atoms with Crippen LogP contribution in [0.4, 0.5) is 0 Å². The summed E-state index contributed by atoms with van der Waals surface area (Å²) in [7, 11) is 0. The van der Waals surface area contributed by atoms with Crippen LogP contribution in [-0.4, -0.2) is 24.2 Å². The van der Waals surface area contributed by atoms with Gasteiger partial charge >= 0.3 is 0 Å². The van der Waals surface area contributed by atoms with E-state index in [1.165, 1.54) is 0 Å². The first-order valence-corrected chi connectivity index (χ1v) is 5.63. The summed E-state index contributed by atoms with van der Waals surface area (Å²) in [6.45, 7) is 4.21. The predicted octanol–water partition coefficient (Wildman–Crippen LogP) is 2.33. The molecule has 90 valence electrons. The molecule has 1 saturated heterocycles. The maximum absolute atomic E-state index is 5.97. The molecule has 0 saturated carbocycles. The van der Waals surface area contributed by atoms with Gasteiger partial charge in [0.05, 0.1) is 17.9 Å². The summed E-state index contributed by atoms with van der Waals surface area (Å²) in [6, 6.07) is 5.96. The number of hydrogen-bond donors (Lipinski definition) is 1. The number of halogens is 1. The minimum absolute atomic E-state index is 0. The molecule has 1 unspecified atom stereocenters. The van der Waals surface area contributed by atoms with Crippen molar-refractivity contribution in [2.24, 2.45) is 0 Å². The summed E-state index contributed by atoms with van der Waals surface area (Å²) in [5, 5.41) is 3.33. The monoisotopic (exact) mass is 242 g/mol. The number of nitrogens with zero attached hydrogens (tertiary/aromatic N) is 1. The molecule has 3 nitrogen and oxygen atoms in total. The van der Waals surface area contributed by atoms with Gasteiger partial charge in [-0.3, -0.25) is 4.98 Å². The summed E-state index contributed by atoms with van der Waals surface area (Å²) >= 11 is 0. The third-order valence-electron chi connectivity index (χ3n) is 2.79. The molecule has 1 N–H and O–H groups in total. The molecule has 0 spiro atoms. The fourth-order valence-corrected chi connectivity index (χ4v) is 1.91. The molecule has 1 atom stereocenters. The molecular formula is C12H19ClN2O. The summed E-state index contributed by atoms with van der Waals surface area (Å²) in [5.74, 6) is 0. The van der Waals surface area contributed by atoms with Crippen molar-refractivity contribution >= 4 is 12.4 Å². The van der Waals surface area contributed by atoms with E-state index in [0.717, 1.165) is 31.6 Å². The smallest absolute Gasteiger partial charge is 0.0970 e. The van der Waals surface area contributed by atoms with Gasteiger partial charge in [-0.25, -0.2) is 0 Å². The minimum atomic E-state index is 0. The zero-order chi connectivity index (χ0) is 10.5. The fourth-order valence-electron chi connectivity index (χ4n) is 1.91. The summed E-state index contributed by atoms with van der Waals surface area (Å²) in [4.78, 5) is 4.30. The van der Waals surface area contributed by atoms with Crippen molar-refractivity contribution in [3.63, 3.8) is 0 Å². The summed E-state index contributed by atoms with van der Waals surface area (Å²) in [6.07, 6.45) is 4.53. The topological polar surface area (TPSA) is 34.1 Å². The van der Waals surface area contributed by atoms with Gasteiger partial charge in [-0.15, -0.1) is 12.4 Å². The SMILES string of the molecule is CC(OC1CCNCC1)c1ccccn1.Cl. The standard InChI is InChI=1S/C12H18N2O.ClH/c1-10(12-4-2-3-7-14-12)15-11-5-8-13-9-6-11;/h2-4,7,10-11,13H,5-6,8-9H2,1H3;1H. The first kappa shape index (κ1) is 13.4. The largest absolute Gasteiger partial charge is 0.369 e. The van der Waals surface area contributed by atoms with E-state index >= 15 is 0 Å². The first-order valence-electron chi connectivity index (χ1n) is 5.63. The average molecular weight is 243 g/mol. The molecule has 1 aliphatic rings. The Hall–Kier alpha value is -0.640. The highest BCUT2D eigenvalue weighted by Crippen LogP contribution is 2.19. The van der Waals surface area contributed by atoms with Gasteiger partial charge in [0.2, 0.25) is 0 Å². The van der Waals surface area contributed by atoms with Gasteiger partial charge in [-0.1, -0.05) is 6.07 Å². The van der Waals surface area contributed by atoms with Crippen LogP contribution in [0.2, 0.25) is 0 Å². The van der Waals surface area contributed by atoms with E-state index in [1.54, 1.807) is 0 Å². The van der Waals surface area contributed by atoms with E-state index < -0.39 is 0 Å². The molecule has 1 fully saturated rings. The Bertz CT molecular complexity index is 288. The Labute approximate surface area is 103 Å². The molecule has 0 radical (unpaired) electrons. The van der Waals surface area contributed by atoms with Gasteiger partial charge < -0.3 is 10.1 Å². The Morgan fingerprint density at radius 3 is 2.75 bits per heavy atom. The molecule has 0 aliphatic carbocycles. The van der Waals surface area contributed by atoms with Crippen LogP contribution in [0.1, 0.15) is 31.6 Å². The number of nitrogens with one attached hydrogen (secondary N) is 1. The van der Waals surface area contributed by atoms with Crippen molar-refractivity contribution < 1.29 is 4.74 Å². The zero-order valence-corrected chi connectivity index (χ0v) is 10.4. The molecule has 0 aromatic carbocycles. The lowest BCUT2D eigenvalue weighted by Crippen LogP contribution is -2.33. The van der Waals surface area contributed by atoms with Crippen molar-refractivity contribution in [1.82, 2.24) is 10.3 Å². The highest BCUT2D eigenvalue weighted by atomic mass is 35.5. The number of ether oxygens (including phenoxy) is 1. The minimum Gasteiger partial charge on any atom is -0.369 e. The fraction of sp³-hybridized carbons (Fsp3) is 0.583. The first-order chi connectivity index (χ1) is 7.36. The van der Waals surface area contributed by atoms with Crippen LogP contribution in [0.3, 0.4) is 0 Å². The van der Waals surface area contributed by atoms with Gasteiger partial charge in [0.25, 0.3) is 0 Å². The molecule has 1 aliphatic heterocycles. The van der Waals surface area contributed by atoms with E-state index in [9.17, 15) is 0 Å². The molecule has 2 rings (SSSR count). The quantitative estimate of drug-likeness (QED) is 0.884. The van der Waals surface area contributed by atoms with E-state index in [2.05, 4.69) is 17.2 Å². The van der Waals surface area contributed by atoms with Crippen molar-refractivity contribution in [2.75, 3.05) is 13.1 Å². The average Bonchev–Trinajstić information content (AvgIpc) is 2.31. The van der Waals surface area contributed by atoms with E-state index in [0.29, 0.717) is 6.10 Å². The second kappa shape index (κ2) is 6.84. The zero-order valence-electron chi connectivity index (χ0n) is 9.56. The number of aromatic nitrogens is 1. The van der Waals surface area contributed by atoms with Gasteiger partial charge in [0.1, 0.15) is 0 Å². The molecule has 16 heavy (non-hydrogen) atoms. The van der Waals surface area contributed by atoms with Crippen LogP contribution in [0, 0.1) is 0 Å². The molecular weight excluding hydrogens is 224 g/mol. The van der Waals surface area contributed by atoms with E-state index in [4.69, 9.17) is 4.74 Å².